The van der Waals surface area contributed by atoms with Crippen LogP contribution in [0.2, 0.25) is 0 Å². The van der Waals surface area contributed by atoms with Gasteiger partial charge in [0.05, 0.1) is 12.2 Å². The number of Topliss-reactive ketones (excluding diaryl/α,β-unsaturated/α-hetero) is 1. The van der Waals surface area contributed by atoms with Gasteiger partial charge in [-0.2, -0.15) is 0 Å². The van der Waals surface area contributed by atoms with Crippen molar-refractivity contribution in [1.82, 2.24) is 0 Å². The minimum absolute atomic E-state index is 0.0974. The standard InChI is InChI=1S/C15H20BrFO2/c1-10(18)13-6-5-12(7-14(13)17)19-9-11(8-16)15(2,3)4/h5-7,11H,8-9H2,1-4H3. The molecule has 1 aromatic carbocycles. The van der Waals surface area contributed by atoms with Crippen molar-refractivity contribution in [2.24, 2.45) is 11.3 Å². The maximum absolute atomic E-state index is 13.6. The highest BCUT2D eigenvalue weighted by molar-refractivity contribution is 9.09. The van der Waals surface area contributed by atoms with E-state index in [1.807, 2.05) is 0 Å². The summed E-state index contributed by atoms with van der Waals surface area (Å²) >= 11 is 3.47. The van der Waals surface area contributed by atoms with Crippen LogP contribution in [0.3, 0.4) is 0 Å². The number of carbonyl (C=O) groups excluding carboxylic acids is 1. The monoisotopic (exact) mass is 330 g/mol. The Balaban J connectivity index is 2.74. The van der Waals surface area contributed by atoms with Crippen LogP contribution in [0.5, 0.6) is 5.75 Å². The van der Waals surface area contributed by atoms with E-state index in [2.05, 4.69) is 36.7 Å². The molecule has 0 aliphatic heterocycles. The summed E-state index contributed by atoms with van der Waals surface area (Å²) in [5, 5.41) is 0.824. The molecule has 0 fully saturated rings. The lowest BCUT2D eigenvalue weighted by Crippen LogP contribution is -2.27. The van der Waals surface area contributed by atoms with Crippen LogP contribution in [0, 0.1) is 17.2 Å². The van der Waals surface area contributed by atoms with Gasteiger partial charge in [-0.05, 0) is 24.5 Å². The molecule has 0 radical (unpaired) electrons. The van der Waals surface area contributed by atoms with Gasteiger partial charge in [0.15, 0.2) is 5.78 Å². The summed E-state index contributed by atoms with van der Waals surface area (Å²) < 4.78 is 19.3. The largest absolute Gasteiger partial charge is 0.493 e. The number of alkyl halides is 1. The molecule has 106 valence electrons. The Labute approximate surface area is 122 Å². The lowest BCUT2D eigenvalue weighted by molar-refractivity contribution is 0.101. The van der Waals surface area contributed by atoms with Gasteiger partial charge in [0.1, 0.15) is 11.6 Å². The molecule has 1 atom stereocenters. The lowest BCUT2D eigenvalue weighted by Gasteiger charge is -2.29. The fourth-order valence-corrected chi connectivity index (χ4v) is 2.75. The van der Waals surface area contributed by atoms with Crippen LogP contribution in [0.1, 0.15) is 38.1 Å². The number of rotatable bonds is 5. The Hall–Kier alpha value is -0.900. The number of carbonyl (C=O) groups is 1. The Morgan fingerprint density at radius 1 is 1.42 bits per heavy atom. The minimum Gasteiger partial charge on any atom is -0.493 e. The summed E-state index contributed by atoms with van der Waals surface area (Å²) in [6.45, 7) is 8.28. The zero-order valence-electron chi connectivity index (χ0n) is 11.8. The predicted molar refractivity (Wildman–Crippen MR) is 78.6 cm³/mol. The maximum Gasteiger partial charge on any atom is 0.162 e. The first-order valence-electron chi connectivity index (χ1n) is 6.25. The second kappa shape index (κ2) is 6.51. The summed E-state index contributed by atoms with van der Waals surface area (Å²) in [5.41, 5.74) is 0.210. The van der Waals surface area contributed by atoms with Crippen molar-refractivity contribution in [3.8, 4) is 5.75 Å². The Morgan fingerprint density at radius 2 is 2.05 bits per heavy atom. The number of hydrogen-bond acceptors (Lipinski definition) is 2. The van der Waals surface area contributed by atoms with Crippen molar-refractivity contribution in [1.29, 1.82) is 0 Å². The SMILES string of the molecule is CC(=O)c1ccc(OCC(CBr)C(C)(C)C)cc1F. The molecular weight excluding hydrogens is 311 g/mol. The van der Waals surface area contributed by atoms with Gasteiger partial charge in [0.25, 0.3) is 0 Å². The molecule has 0 heterocycles. The first-order valence-corrected chi connectivity index (χ1v) is 7.37. The van der Waals surface area contributed by atoms with Crippen LogP contribution in [-0.2, 0) is 0 Å². The zero-order valence-corrected chi connectivity index (χ0v) is 13.4. The summed E-state index contributed by atoms with van der Waals surface area (Å²) in [7, 11) is 0. The summed E-state index contributed by atoms with van der Waals surface area (Å²) in [4.78, 5) is 11.1. The van der Waals surface area contributed by atoms with Crippen molar-refractivity contribution in [2.45, 2.75) is 27.7 Å². The van der Waals surface area contributed by atoms with E-state index >= 15 is 0 Å². The van der Waals surface area contributed by atoms with E-state index in [1.54, 1.807) is 6.07 Å². The van der Waals surface area contributed by atoms with E-state index in [-0.39, 0.29) is 16.8 Å². The Bertz CT molecular complexity index is 452. The van der Waals surface area contributed by atoms with Gasteiger partial charge < -0.3 is 4.74 Å². The second-order valence-corrected chi connectivity index (χ2v) is 6.37. The highest BCUT2D eigenvalue weighted by atomic mass is 79.9. The van der Waals surface area contributed by atoms with Crippen LogP contribution in [0.15, 0.2) is 18.2 Å². The predicted octanol–water partition coefficient (Wildman–Crippen LogP) is 4.46. The normalized spacial score (nSPS) is 13.2. The van der Waals surface area contributed by atoms with E-state index in [0.717, 1.165) is 5.33 Å². The topological polar surface area (TPSA) is 26.3 Å². The molecule has 0 saturated heterocycles. The van der Waals surface area contributed by atoms with Crippen molar-refractivity contribution in [3.05, 3.63) is 29.6 Å². The number of ketones is 1. The summed E-state index contributed by atoms with van der Waals surface area (Å²) in [6, 6.07) is 4.37. The van der Waals surface area contributed by atoms with Gasteiger partial charge in [-0.15, -0.1) is 0 Å². The molecule has 0 saturated carbocycles. The number of halogens is 2. The number of hydrogen-bond donors (Lipinski definition) is 0. The van der Waals surface area contributed by atoms with E-state index in [4.69, 9.17) is 4.74 Å². The molecule has 0 aliphatic rings. The van der Waals surface area contributed by atoms with Crippen LogP contribution in [0.4, 0.5) is 4.39 Å². The van der Waals surface area contributed by atoms with E-state index in [0.29, 0.717) is 18.3 Å². The zero-order chi connectivity index (χ0) is 14.6. The van der Waals surface area contributed by atoms with Gasteiger partial charge in [-0.1, -0.05) is 36.7 Å². The van der Waals surface area contributed by atoms with Gasteiger partial charge in [-0.3, -0.25) is 4.79 Å². The number of ether oxygens (including phenoxy) is 1. The number of benzene rings is 1. The van der Waals surface area contributed by atoms with Crippen LogP contribution in [-0.4, -0.2) is 17.7 Å². The molecule has 4 heteroatoms. The fourth-order valence-electron chi connectivity index (χ4n) is 1.59. The quantitative estimate of drug-likeness (QED) is 0.588. The van der Waals surface area contributed by atoms with Crippen molar-refractivity contribution >= 4 is 21.7 Å². The highest BCUT2D eigenvalue weighted by Crippen LogP contribution is 2.28. The molecule has 1 aromatic rings. The maximum atomic E-state index is 13.6. The van der Waals surface area contributed by atoms with Gasteiger partial charge in [0, 0.05) is 17.3 Å². The fraction of sp³-hybridized carbons (Fsp3) is 0.533. The Morgan fingerprint density at radius 3 is 2.47 bits per heavy atom. The third-order valence-corrected chi connectivity index (χ3v) is 3.96. The molecule has 0 aromatic heterocycles. The molecule has 19 heavy (non-hydrogen) atoms. The van der Waals surface area contributed by atoms with Crippen LogP contribution < -0.4 is 4.74 Å². The van der Waals surface area contributed by atoms with Crippen LogP contribution in [0.25, 0.3) is 0 Å². The molecular formula is C15H20BrFO2. The first-order chi connectivity index (χ1) is 8.75. The van der Waals surface area contributed by atoms with E-state index in [9.17, 15) is 9.18 Å². The molecule has 1 rings (SSSR count). The average Bonchev–Trinajstić information content (AvgIpc) is 2.27. The van der Waals surface area contributed by atoms with Crippen molar-refractivity contribution < 1.29 is 13.9 Å². The van der Waals surface area contributed by atoms with Gasteiger partial charge in [0.2, 0.25) is 0 Å². The third kappa shape index (κ3) is 4.60. The second-order valence-electron chi connectivity index (χ2n) is 5.73. The molecule has 0 spiro atoms. The minimum atomic E-state index is -0.531. The molecule has 0 amide bonds. The van der Waals surface area contributed by atoms with Crippen molar-refractivity contribution in [3.63, 3.8) is 0 Å². The first kappa shape index (κ1) is 16.2. The molecule has 0 N–H and O–H groups in total. The van der Waals surface area contributed by atoms with E-state index in [1.165, 1.54) is 19.1 Å². The van der Waals surface area contributed by atoms with E-state index < -0.39 is 5.82 Å². The Kier molecular flexibility index (Phi) is 5.53. The summed E-state index contributed by atoms with van der Waals surface area (Å²) in [5.74, 6) is -0.0334. The smallest absolute Gasteiger partial charge is 0.162 e. The van der Waals surface area contributed by atoms with Crippen molar-refractivity contribution in [2.75, 3.05) is 11.9 Å². The van der Waals surface area contributed by atoms with Gasteiger partial charge in [-0.25, -0.2) is 4.39 Å². The molecule has 0 bridgehead atoms. The molecule has 1 unspecified atom stereocenters. The van der Waals surface area contributed by atoms with Gasteiger partial charge >= 0.3 is 0 Å². The average molecular weight is 331 g/mol. The summed E-state index contributed by atoms with van der Waals surface area (Å²) in [6.07, 6.45) is 0. The lowest BCUT2D eigenvalue weighted by atomic mass is 9.83. The van der Waals surface area contributed by atoms with Crippen LogP contribution >= 0.6 is 15.9 Å². The molecule has 0 aliphatic carbocycles. The third-order valence-electron chi connectivity index (χ3n) is 3.18. The molecule has 2 nitrogen and oxygen atoms in total. The highest BCUT2D eigenvalue weighted by Gasteiger charge is 2.24.